The Morgan fingerprint density at radius 1 is 0.970 bits per heavy atom. The van der Waals surface area contributed by atoms with Crippen LogP contribution in [0.2, 0.25) is 16.6 Å². The molecule has 4 aliphatic rings. The van der Waals surface area contributed by atoms with E-state index in [1.807, 2.05) is 48.5 Å². The number of rotatable bonds is 13. The molecule has 11 atom stereocenters. The number of furan rings is 2. The molecule has 2 bridgehead atoms. The zero-order valence-electron chi connectivity index (χ0n) is 41.1. The molecule has 6 rings (SSSR count). The van der Waals surface area contributed by atoms with Gasteiger partial charge in [0.15, 0.2) is 17.5 Å². The molecule has 3 heterocycles. The second kappa shape index (κ2) is 18.0. The summed E-state index contributed by atoms with van der Waals surface area (Å²) in [6, 6.07) is 3.33. The molecular weight excluding hydrogens is 871 g/mol. The molecule has 66 heavy (non-hydrogen) atoms. The van der Waals surface area contributed by atoms with Crippen molar-refractivity contribution in [1.82, 2.24) is 5.32 Å². The Morgan fingerprint density at radius 2 is 1.61 bits per heavy atom. The molecule has 1 aliphatic heterocycles. The van der Waals surface area contributed by atoms with Gasteiger partial charge in [0.2, 0.25) is 8.32 Å². The summed E-state index contributed by atoms with van der Waals surface area (Å²) in [5.74, 6) is -4.84. The summed E-state index contributed by atoms with van der Waals surface area (Å²) in [6.45, 7) is 26.8. The number of alkyl carbamates (subject to hydrolysis) is 1. The maximum Gasteiger partial charge on any atom is 0.408 e. The van der Waals surface area contributed by atoms with Crippen molar-refractivity contribution >= 4 is 38.1 Å². The molecule has 1 saturated heterocycles. The number of carbonyl (C=O) groups excluding carboxylic acids is 5. The number of carbonyl (C=O) groups is 5. The maximum absolute atomic E-state index is 15.4. The van der Waals surface area contributed by atoms with Crippen molar-refractivity contribution in [3.8, 4) is 0 Å². The third-order valence-electron chi connectivity index (χ3n) is 15.5. The van der Waals surface area contributed by atoms with Crippen LogP contribution in [0, 0.1) is 22.7 Å². The molecule has 3 fully saturated rings. The number of esters is 3. The summed E-state index contributed by atoms with van der Waals surface area (Å²) in [5.41, 5.74) is -7.66. The third kappa shape index (κ3) is 8.38. The van der Waals surface area contributed by atoms with E-state index in [2.05, 4.69) is 5.32 Å². The van der Waals surface area contributed by atoms with Crippen LogP contribution in [0.5, 0.6) is 0 Å². The highest BCUT2D eigenvalue weighted by Gasteiger charge is 2.77. The third-order valence-corrected chi connectivity index (χ3v) is 21.6. The molecule has 3 N–H and O–H groups in total. The van der Waals surface area contributed by atoms with Crippen LogP contribution in [0.1, 0.15) is 139 Å². The number of aliphatic hydroxyl groups is 2. The molecule has 1 amide bonds. The summed E-state index contributed by atoms with van der Waals surface area (Å²) < 4.78 is 49.3. The van der Waals surface area contributed by atoms with Gasteiger partial charge in [-0.05, 0) is 86.0 Å². The molecule has 0 spiro atoms. The Kier molecular flexibility index (Phi) is 13.9. The van der Waals surface area contributed by atoms with E-state index >= 15 is 9.59 Å². The van der Waals surface area contributed by atoms with Crippen molar-refractivity contribution in [2.24, 2.45) is 22.7 Å². The summed E-state index contributed by atoms with van der Waals surface area (Å²) >= 11 is 0. The summed E-state index contributed by atoms with van der Waals surface area (Å²) in [7, 11) is -3.02. The van der Waals surface area contributed by atoms with Crippen LogP contribution in [0.15, 0.2) is 57.0 Å². The molecule has 2 saturated carbocycles. The molecule has 0 radical (unpaired) electrons. The number of ketones is 1. The van der Waals surface area contributed by atoms with Crippen LogP contribution in [0.3, 0.4) is 0 Å². The Bertz CT molecular complexity index is 2150. The number of aliphatic hydroxyl groups excluding tert-OH is 1. The van der Waals surface area contributed by atoms with E-state index in [-0.39, 0.29) is 52.1 Å². The average molecular weight is 942 g/mol. The normalized spacial score (nSPS) is 31.7. The van der Waals surface area contributed by atoms with Crippen molar-refractivity contribution in [3.05, 3.63) is 59.5 Å². The van der Waals surface area contributed by atoms with Crippen molar-refractivity contribution in [2.45, 2.75) is 187 Å². The van der Waals surface area contributed by atoms with E-state index < -0.39 is 121 Å². The quantitative estimate of drug-likeness (QED) is 0.0752. The first-order valence-corrected chi connectivity index (χ1v) is 25.3. The molecule has 17 heteroatoms. The zero-order chi connectivity index (χ0) is 49.3. The Labute approximate surface area is 388 Å². The number of hydrogen-bond donors (Lipinski definition) is 3. The second-order valence-corrected chi connectivity index (χ2v) is 27.0. The first kappa shape index (κ1) is 51.1. The van der Waals surface area contributed by atoms with E-state index in [1.165, 1.54) is 31.8 Å². The Morgan fingerprint density at radius 3 is 2.11 bits per heavy atom. The number of nitrogens with one attached hydrogen (secondary N) is 1. The second-order valence-electron chi connectivity index (χ2n) is 21.6. The average Bonchev–Trinajstić information content (AvgIpc) is 3.94. The first-order valence-electron chi connectivity index (χ1n) is 23.1. The standard InChI is InChI=1S/C49H71NO15Si/c1-25(2)66(26(3)4,27(5)6)65-38(36(32-17-16-19-59-32)50-44(56)64-45(10,11)12)43(55)61-33-22-49(57)41(62-42(54)31-18-20-58-23-31)39-47(15,40(53)37(52)35(29(33)8)46(49,13)14)28(7)21-34-48(39,24-60-34)63-30(9)51/h16-20,23,25-28,33-34,36-39,41,52,57H,21-22,24H2,1-15H3,(H,50,56)/t28-,33-,34+,36-,37+,38+,39-,41-,47+,48-,49+/m0/s1. The highest BCUT2D eigenvalue weighted by Crippen LogP contribution is 2.65. The minimum atomic E-state index is -3.02. The van der Waals surface area contributed by atoms with Gasteiger partial charge in [-0.1, -0.05) is 69.2 Å². The smallest absolute Gasteiger partial charge is 0.408 e. The number of amides is 1. The number of fused-ring (bicyclic) bond motifs is 5. The van der Waals surface area contributed by atoms with Crippen molar-refractivity contribution in [2.75, 3.05) is 6.61 Å². The summed E-state index contributed by atoms with van der Waals surface area (Å²) in [6.07, 6.45) is -4.35. The minimum absolute atomic E-state index is 0.0126. The first-order chi connectivity index (χ1) is 30.5. The van der Waals surface area contributed by atoms with Gasteiger partial charge in [-0.25, -0.2) is 14.4 Å². The molecule has 0 unspecified atom stereocenters. The maximum atomic E-state index is 15.4. The lowest BCUT2D eigenvalue weighted by Gasteiger charge is -2.68. The van der Waals surface area contributed by atoms with Crippen LogP contribution in [0.25, 0.3) is 0 Å². The van der Waals surface area contributed by atoms with Gasteiger partial charge in [0, 0.05) is 24.2 Å². The van der Waals surface area contributed by atoms with Gasteiger partial charge in [-0.3, -0.25) is 9.59 Å². The van der Waals surface area contributed by atoms with Crippen LogP contribution in [-0.2, 0) is 42.5 Å². The van der Waals surface area contributed by atoms with E-state index in [9.17, 15) is 24.6 Å². The van der Waals surface area contributed by atoms with E-state index in [4.69, 9.17) is 36.9 Å². The largest absolute Gasteiger partial charge is 0.472 e. The number of hydrogen-bond acceptors (Lipinski definition) is 15. The molecule has 0 aromatic carbocycles. The zero-order valence-corrected chi connectivity index (χ0v) is 42.1. The van der Waals surface area contributed by atoms with Crippen LogP contribution >= 0.6 is 0 Å². The van der Waals surface area contributed by atoms with Gasteiger partial charge in [0.1, 0.15) is 53.7 Å². The van der Waals surface area contributed by atoms with Crippen molar-refractivity contribution in [1.29, 1.82) is 0 Å². The van der Waals surface area contributed by atoms with Gasteiger partial charge in [-0.2, -0.15) is 0 Å². The predicted molar refractivity (Wildman–Crippen MR) is 241 cm³/mol. The topological polar surface area (TPSA) is 219 Å². The highest BCUT2D eigenvalue weighted by atomic mass is 28.4. The van der Waals surface area contributed by atoms with Crippen molar-refractivity contribution in [3.63, 3.8) is 0 Å². The SMILES string of the molecule is CC(=O)O[C@@]12CO[C@@H]1C[C@H](C)[C@@]1(C)C(=O)[C@H](O)C3=C(C)[C@@H](OC(=O)[C@H](O[Si](C(C)C)(C(C)C)C(C)C)[C@@H](NC(=O)OC(C)(C)C)c4ccco4)C[C@@](O)([C@@H](OC(=O)c4ccoc4)[C@H]21)C3(C)C. The van der Waals surface area contributed by atoms with Crippen molar-refractivity contribution < 1.29 is 71.1 Å². The monoisotopic (exact) mass is 941 g/mol. The lowest BCUT2D eigenvalue weighted by Crippen LogP contribution is -2.80. The van der Waals surface area contributed by atoms with Crippen LogP contribution in [0.4, 0.5) is 4.79 Å². The molecule has 3 aliphatic carbocycles. The predicted octanol–water partition coefficient (Wildman–Crippen LogP) is 7.92. The summed E-state index contributed by atoms with van der Waals surface area (Å²) in [4.78, 5) is 71.8. The molecule has 16 nitrogen and oxygen atoms in total. The van der Waals surface area contributed by atoms with Gasteiger partial charge in [0.25, 0.3) is 0 Å². The van der Waals surface area contributed by atoms with Gasteiger partial charge < -0.3 is 52.5 Å². The van der Waals surface area contributed by atoms with E-state index in [1.54, 1.807) is 60.6 Å². The fraction of sp³-hybridized carbons (Fsp3) is 0.694. The van der Waals surface area contributed by atoms with E-state index in [0.29, 0.717) is 0 Å². The number of Topliss-reactive ketones (excluding diaryl/α,β-unsaturated/α-hetero) is 1. The van der Waals surface area contributed by atoms with Gasteiger partial charge in [0.05, 0.1) is 30.6 Å². The summed E-state index contributed by atoms with van der Waals surface area (Å²) in [5, 5.41) is 29.3. The Balaban J connectivity index is 1.56. The molecular formula is C49H71NO15Si. The molecule has 366 valence electrons. The van der Waals surface area contributed by atoms with E-state index in [0.717, 1.165) is 0 Å². The fourth-order valence-electron chi connectivity index (χ4n) is 12.2. The number of ether oxygens (including phenoxy) is 5. The van der Waals surface area contributed by atoms with Gasteiger partial charge >= 0.3 is 24.0 Å². The molecule has 2 aromatic heterocycles. The highest BCUT2D eigenvalue weighted by molar-refractivity contribution is 6.77. The molecule has 2 aromatic rings. The van der Waals surface area contributed by atoms with Crippen LogP contribution in [-0.4, -0.2) is 102 Å². The lowest BCUT2D eigenvalue weighted by atomic mass is 9.43. The van der Waals surface area contributed by atoms with Crippen LogP contribution < -0.4 is 5.32 Å². The van der Waals surface area contributed by atoms with Gasteiger partial charge in [-0.15, -0.1) is 0 Å². The Hall–Kier alpha value is -4.29. The lowest BCUT2D eigenvalue weighted by molar-refractivity contribution is -0.340. The fourth-order valence-corrected chi connectivity index (χ4v) is 17.7. The minimum Gasteiger partial charge on any atom is -0.472 e.